The van der Waals surface area contributed by atoms with E-state index >= 15 is 0 Å². The van der Waals surface area contributed by atoms with Crippen LogP contribution in [0, 0.1) is 6.92 Å². The second-order valence-electron chi connectivity index (χ2n) is 3.30. The van der Waals surface area contributed by atoms with Crippen molar-refractivity contribution in [3.8, 4) is 0 Å². The van der Waals surface area contributed by atoms with Gasteiger partial charge in [0, 0.05) is 11.3 Å². The molecule has 3 N–H and O–H groups in total. The Balaban J connectivity index is 2.46. The third-order valence-corrected chi connectivity index (χ3v) is 2.24. The molecule has 0 radical (unpaired) electrons. The molecule has 2 rings (SSSR count). The fourth-order valence-electron chi connectivity index (χ4n) is 1.47. The minimum absolute atomic E-state index is 0.0978. The van der Waals surface area contributed by atoms with Crippen LogP contribution in [0.25, 0.3) is 0 Å². The van der Waals surface area contributed by atoms with Crippen LogP contribution < -0.4 is 5.73 Å². The van der Waals surface area contributed by atoms with E-state index in [9.17, 15) is 4.79 Å². The molecule has 0 aliphatic heterocycles. The number of rotatable bonds is 2. The van der Waals surface area contributed by atoms with E-state index in [4.69, 9.17) is 5.73 Å². The molecule has 0 atom stereocenters. The summed E-state index contributed by atoms with van der Waals surface area (Å²) in [6, 6.07) is 9.02. The van der Waals surface area contributed by atoms with Crippen molar-refractivity contribution in [2.75, 3.05) is 5.73 Å². The summed E-state index contributed by atoms with van der Waals surface area (Å²) in [4.78, 5) is 12.0. The first-order valence-corrected chi connectivity index (χ1v) is 4.60. The molecule has 2 aromatic rings. The van der Waals surface area contributed by atoms with Gasteiger partial charge in [0.1, 0.15) is 0 Å². The second kappa shape index (κ2) is 3.57. The van der Waals surface area contributed by atoms with Crippen LogP contribution >= 0.6 is 0 Å². The smallest absolute Gasteiger partial charge is 0.198 e. The van der Waals surface area contributed by atoms with Crippen molar-refractivity contribution in [1.82, 2.24) is 10.2 Å². The summed E-state index contributed by atoms with van der Waals surface area (Å²) in [7, 11) is 0. The van der Waals surface area contributed by atoms with Crippen LogP contribution in [-0.4, -0.2) is 16.0 Å². The van der Waals surface area contributed by atoms with Gasteiger partial charge in [0.05, 0.1) is 5.56 Å². The number of carbonyl (C=O) groups is 1. The number of aryl methyl sites for hydroxylation is 1. The molecule has 0 spiro atoms. The Hall–Kier alpha value is -2.10. The maximum Gasteiger partial charge on any atom is 0.198 e. The number of ketones is 1. The number of H-pyrrole nitrogens is 1. The number of benzene rings is 1. The Bertz CT molecular complexity index is 468. The Labute approximate surface area is 87.1 Å². The number of anilines is 1. The summed E-state index contributed by atoms with van der Waals surface area (Å²) in [5.74, 6) is 0.153. The van der Waals surface area contributed by atoms with Gasteiger partial charge in [0.15, 0.2) is 11.6 Å². The fourth-order valence-corrected chi connectivity index (χ4v) is 1.47. The van der Waals surface area contributed by atoms with E-state index in [0.717, 1.165) is 0 Å². The summed E-state index contributed by atoms with van der Waals surface area (Å²) in [5, 5.41) is 6.49. The van der Waals surface area contributed by atoms with Crippen LogP contribution in [0.2, 0.25) is 0 Å². The maximum atomic E-state index is 12.0. The van der Waals surface area contributed by atoms with Gasteiger partial charge in [-0.15, -0.1) is 0 Å². The number of nitrogens with one attached hydrogen (secondary N) is 1. The summed E-state index contributed by atoms with van der Waals surface area (Å²) < 4.78 is 0. The van der Waals surface area contributed by atoms with Crippen LogP contribution in [-0.2, 0) is 0 Å². The molecule has 76 valence electrons. The Morgan fingerprint density at radius 1 is 1.33 bits per heavy atom. The molecule has 4 heteroatoms. The first-order chi connectivity index (χ1) is 7.20. The molecule has 1 aromatic carbocycles. The first kappa shape index (κ1) is 9.45. The second-order valence-corrected chi connectivity index (χ2v) is 3.30. The zero-order valence-corrected chi connectivity index (χ0v) is 8.32. The van der Waals surface area contributed by atoms with Crippen molar-refractivity contribution in [3.63, 3.8) is 0 Å². The highest BCUT2D eigenvalue weighted by atomic mass is 16.1. The van der Waals surface area contributed by atoms with Crippen molar-refractivity contribution in [1.29, 1.82) is 0 Å². The molecule has 0 aliphatic rings. The number of nitrogens with two attached hydrogens (primary N) is 1. The number of hydrogen-bond donors (Lipinski definition) is 2. The third kappa shape index (κ3) is 1.61. The minimum atomic E-state index is -0.0978. The lowest BCUT2D eigenvalue weighted by Gasteiger charge is -1.99. The van der Waals surface area contributed by atoms with Gasteiger partial charge in [-0.2, -0.15) is 5.10 Å². The number of nitrogen functional groups attached to an aromatic ring is 1. The average Bonchev–Trinajstić information content (AvgIpc) is 2.59. The molecule has 0 bridgehead atoms. The summed E-state index contributed by atoms with van der Waals surface area (Å²) in [5.41, 5.74) is 7.39. The third-order valence-electron chi connectivity index (χ3n) is 2.24. The quantitative estimate of drug-likeness (QED) is 0.724. The predicted octanol–water partition coefficient (Wildman–Crippen LogP) is 1.53. The molecule has 4 nitrogen and oxygen atoms in total. The van der Waals surface area contributed by atoms with Crippen LogP contribution in [0.1, 0.15) is 21.6 Å². The Morgan fingerprint density at radius 2 is 2.00 bits per heavy atom. The molecular formula is C11H11N3O. The summed E-state index contributed by atoms with van der Waals surface area (Å²) in [6.45, 7) is 1.78. The molecule has 0 saturated heterocycles. The topological polar surface area (TPSA) is 71.8 Å². The van der Waals surface area contributed by atoms with Gasteiger partial charge in [0.2, 0.25) is 0 Å². The largest absolute Gasteiger partial charge is 0.382 e. The van der Waals surface area contributed by atoms with Crippen LogP contribution in [0.3, 0.4) is 0 Å². The van der Waals surface area contributed by atoms with Gasteiger partial charge in [-0.05, 0) is 6.92 Å². The standard InChI is InChI=1S/C11H11N3O/c1-7-9(11(12)14-13-7)10(15)8-5-3-2-4-6-8/h2-6H,1H3,(H3,12,13,14). The molecule has 0 amide bonds. The van der Waals surface area contributed by atoms with E-state index < -0.39 is 0 Å². The van der Waals surface area contributed by atoms with Crippen LogP contribution in [0.15, 0.2) is 30.3 Å². The highest BCUT2D eigenvalue weighted by Gasteiger charge is 2.17. The number of aromatic nitrogens is 2. The van der Waals surface area contributed by atoms with E-state index in [1.165, 1.54) is 0 Å². The van der Waals surface area contributed by atoms with Crippen molar-refractivity contribution in [2.45, 2.75) is 6.92 Å². The van der Waals surface area contributed by atoms with Gasteiger partial charge in [-0.25, -0.2) is 0 Å². The monoisotopic (exact) mass is 201 g/mol. The molecule has 15 heavy (non-hydrogen) atoms. The van der Waals surface area contributed by atoms with E-state index in [2.05, 4.69) is 10.2 Å². The zero-order chi connectivity index (χ0) is 10.8. The van der Waals surface area contributed by atoms with E-state index in [1.54, 1.807) is 19.1 Å². The molecule has 0 saturated carbocycles. The lowest BCUT2D eigenvalue weighted by Crippen LogP contribution is -2.04. The molecule has 1 aromatic heterocycles. The average molecular weight is 201 g/mol. The van der Waals surface area contributed by atoms with Gasteiger partial charge < -0.3 is 5.73 Å². The lowest BCUT2D eigenvalue weighted by atomic mass is 10.0. The zero-order valence-electron chi connectivity index (χ0n) is 8.32. The van der Waals surface area contributed by atoms with Gasteiger partial charge >= 0.3 is 0 Å². The highest BCUT2D eigenvalue weighted by Crippen LogP contribution is 2.17. The fraction of sp³-hybridized carbons (Fsp3) is 0.0909. The van der Waals surface area contributed by atoms with Crippen molar-refractivity contribution >= 4 is 11.6 Å². The Kier molecular flexibility index (Phi) is 2.25. The summed E-state index contributed by atoms with van der Waals surface area (Å²) in [6.07, 6.45) is 0. The highest BCUT2D eigenvalue weighted by molar-refractivity contribution is 6.12. The molecular weight excluding hydrogens is 190 g/mol. The SMILES string of the molecule is Cc1[nH]nc(N)c1C(=O)c1ccccc1. The minimum Gasteiger partial charge on any atom is -0.382 e. The van der Waals surface area contributed by atoms with Crippen LogP contribution in [0.5, 0.6) is 0 Å². The number of nitrogens with zero attached hydrogens (tertiary/aromatic N) is 1. The van der Waals surface area contributed by atoms with Crippen molar-refractivity contribution in [3.05, 3.63) is 47.2 Å². The van der Waals surface area contributed by atoms with Gasteiger partial charge in [-0.1, -0.05) is 30.3 Å². The molecule has 0 fully saturated rings. The number of aromatic amines is 1. The van der Waals surface area contributed by atoms with Crippen molar-refractivity contribution in [2.24, 2.45) is 0 Å². The lowest BCUT2D eigenvalue weighted by molar-refractivity contribution is 0.103. The maximum absolute atomic E-state index is 12.0. The molecule has 0 aliphatic carbocycles. The normalized spacial score (nSPS) is 10.2. The van der Waals surface area contributed by atoms with Gasteiger partial charge in [-0.3, -0.25) is 9.89 Å². The molecule has 1 heterocycles. The van der Waals surface area contributed by atoms with Crippen molar-refractivity contribution < 1.29 is 4.79 Å². The number of hydrogen-bond acceptors (Lipinski definition) is 3. The van der Waals surface area contributed by atoms with Gasteiger partial charge in [0.25, 0.3) is 0 Å². The summed E-state index contributed by atoms with van der Waals surface area (Å²) >= 11 is 0. The first-order valence-electron chi connectivity index (χ1n) is 4.60. The van der Waals surface area contributed by atoms with E-state index in [0.29, 0.717) is 16.8 Å². The van der Waals surface area contributed by atoms with E-state index in [1.807, 2.05) is 18.2 Å². The predicted molar refractivity (Wildman–Crippen MR) is 57.6 cm³/mol. The Morgan fingerprint density at radius 3 is 2.53 bits per heavy atom. The van der Waals surface area contributed by atoms with Crippen LogP contribution in [0.4, 0.5) is 5.82 Å². The number of carbonyl (C=O) groups excluding carboxylic acids is 1. The van der Waals surface area contributed by atoms with E-state index in [-0.39, 0.29) is 11.6 Å². The molecule has 0 unspecified atom stereocenters.